The second kappa shape index (κ2) is 7.72. The molecule has 0 bridgehead atoms. The van der Waals surface area contributed by atoms with Crippen LogP contribution in [0.25, 0.3) is 11.4 Å². The van der Waals surface area contributed by atoms with E-state index >= 15 is 0 Å². The first-order chi connectivity index (χ1) is 10.1. The van der Waals surface area contributed by atoms with Crippen molar-refractivity contribution in [3.63, 3.8) is 0 Å². The lowest BCUT2D eigenvalue weighted by Gasteiger charge is -2.06. The minimum Gasteiger partial charge on any atom is -0.490 e. The van der Waals surface area contributed by atoms with Gasteiger partial charge in [-0.15, -0.1) is 0 Å². The highest BCUT2D eigenvalue weighted by atomic mass is 19.1. The second-order valence-electron chi connectivity index (χ2n) is 5.23. The van der Waals surface area contributed by atoms with Crippen LogP contribution in [0.4, 0.5) is 4.39 Å². The van der Waals surface area contributed by atoms with Gasteiger partial charge in [0.2, 0.25) is 0 Å². The van der Waals surface area contributed by atoms with Gasteiger partial charge in [0, 0.05) is 5.56 Å². The molecule has 0 unspecified atom stereocenters. The third-order valence-corrected chi connectivity index (χ3v) is 3.20. The van der Waals surface area contributed by atoms with Crippen LogP contribution < -0.4 is 4.74 Å². The lowest BCUT2D eigenvalue weighted by molar-refractivity contribution is 0.282. The Hall–Kier alpha value is -1.97. The third-order valence-electron chi connectivity index (χ3n) is 3.20. The molecule has 1 heterocycles. The summed E-state index contributed by atoms with van der Waals surface area (Å²) in [4.78, 5) is 8.62. The maximum Gasteiger partial charge on any atom is 0.159 e. The topological polar surface area (TPSA) is 35.0 Å². The molecule has 3 nitrogen and oxygen atoms in total. The molecule has 0 radical (unpaired) electrons. The first-order valence-electron chi connectivity index (χ1n) is 7.31. The van der Waals surface area contributed by atoms with Crippen LogP contribution in [0.15, 0.2) is 36.7 Å². The Morgan fingerprint density at radius 1 is 1.10 bits per heavy atom. The molecule has 0 spiro atoms. The van der Waals surface area contributed by atoms with E-state index in [2.05, 4.69) is 9.97 Å². The standard InChI is InChI=1S/C17H21FN2O/c1-13-6-8-15(9-7-13)17-19-11-16(12-20-17)21-10-4-3-5-14(2)18/h6-9,11-12,14H,3-5,10H2,1-2H3/t14-/m1/s1. The highest BCUT2D eigenvalue weighted by Crippen LogP contribution is 2.17. The summed E-state index contributed by atoms with van der Waals surface area (Å²) in [7, 11) is 0. The highest BCUT2D eigenvalue weighted by Gasteiger charge is 2.02. The molecule has 2 rings (SSSR count). The number of unbranched alkanes of at least 4 members (excludes halogenated alkanes) is 1. The molecule has 0 aliphatic heterocycles. The monoisotopic (exact) mass is 288 g/mol. The Bertz CT molecular complexity index is 538. The summed E-state index contributed by atoms with van der Waals surface area (Å²) >= 11 is 0. The van der Waals surface area contributed by atoms with Gasteiger partial charge in [-0.1, -0.05) is 29.8 Å². The number of nitrogens with zero attached hydrogens (tertiary/aromatic N) is 2. The number of aromatic nitrogens is 2. The van der Waals surface area contributed by atoms with Gasteiger partial charge in [0.1, 0.15) is 0 Å². The van der Waals surface area contributed by atoms with Crippen LogP contribution in [-0.2, 0) is 0 Å². The lowest BCUT2D eigenvalue weighted by Crippen LogP contribution is -2.00. The van der Waals surface area contributed by atoms with E-state index in [1.807, 2.05) is 31.2 Å². The van der Waals surface area contributed by atoms with Crippen LogP contribution in [0, 0.1) is 6.92 Å². The minimum atomic E-state index is -0.734. The zero-order valence-corrected chi connectivity index (χ0v) is 12.6. The Balaban J connectivity index is 1.83. The summed E-state index contributed by atoms with van der Waals surface area (Å²) in [5.41, 5.74) is 2.20. The maximum atomic E-state index is 12.6. The molecule has 0 amide bonds. The number of aryl methyl sites for hydroxylation is 1. The number of hydrogen-bond acceptors (Lipinski definition) is 3. The normalized spacial score (nSPS) is 12.1. The molecule has 0 aliphatic carbocycles. The van der Waals surface area contributed by atoms with E-state index in [-0.39, 0.29) is 0 Å². The van der Waals surface area contributed by atoms with Crippen molar-refractivity contribution in [1.82, 2.24) is 9.97 Å². The van der Waals surface area contributed by atoms with E-state index < -0.39 is 6.17 Å². The fourth-order valence-corrected chi connectivity index (χ4v) is 1.96. The SMILES string of the molecule is Cc1ccc(-c2ncc(OCCCC[C@@H](C)F)cn2)cc1. The number of alkyl halides is 1. The second-order valence-corrected chi connectivity index (χ2v) is 5.23. The van der Waals surface area contributed by atoms with Crippen molar-refractivity contribution >= 4 is 0 Å². The predicted molar refractivity (Wildman–Crippen MR) is 82.1 cm³/mol. The van der Waals surface area contributed by atoms with Gasteiger partial charge in [0.15, 0.2) is 11.6 Å². The lowest BCUT2D eigenvalue weighted by atomic mass is 10.1. The van der Waals surface area contributed by atoms with E-state index in [0.717, 1.165) is 18.4 Å². The van der Waals surface area contributed by atoms with Crippen LogP contribution in [0.5, 0.6) is 5.75 Å². The van der Waals surface area contributed by atoms with Crippen molar-refractivity contribution in [1.29, 1.82) is 0 Å². The van der Waals surface area contributed by atoms with Gasteiger partial charge in [-0.2, -0.15) is 0 Å². The van der Waals surface area contributed by atoms with Crippen molar-refractivity contribution in [3.8, 4) is 17.1 Å². The number of benzene rings is 1. The molecule has 0 saturated heterocycles. The van der Waals surface area contributed by atoms with Crippen LogP contribution >= 0.6 is 0 Å². The Morgan fingerprint density at radius 2 is 1.76 bits per heavy atom. The molecule has 4 heteroatoms. The van der Waals surface area contributed by atoms with Gasteiger partial charge in [0.05, 0.1) is 25.2 Å². The van der Waals surface area contributed by atoms with E-state index in [1.54, 1.807) is 19.3 Å². The van der Waals surface area contributed by atoms with Crippen molar-refractivity contribution in [2.75, 3.05) is 6.61 Å². The third kappa shape index (κ3) is 5.14. The van der Waals surface area contributed by atoms with E-state index in [0.29, 0.717) is 24.6 Å². The van der Waals surface area contributed by atoms with Crippen molar-refractivity contribution in [2.45, 2.75) is 39.3 Å². The number of ether oxygens (including phenoxy) is 1. The zero-order valence-electron chi connectivity index (χ0n) is 12.6. The average Bonchev–Trinajstić information content (AvgIpc) is 2.48. The van der Waals surface area contributed by atoms with Gasteiger partial charge in [-0.3, -0.25) is 0 Å². The molecule has 2 aromatic rings. The van der Waals surface area contributed by atoms with Crippen molar-refractivity contribution < 1.29 is 9.13 Å². The molecule has 1 aromatic carbocycles. The maximum absolute atomic E-state index is 12.6. The summed E-state index contributed by atoms with van der Waals surface area (Å²) in [5, 5.41) is 0. The molecule has 21 heavy (non-hydrogen) atoms. The molecule has 0 fully saturated rings. The van der Waals surface area contributed by atoms with Crippen LogP contribution in [0.2, 0.25) is 0 Å². The quantitative estimate of drug-likeness (QED) is 0.710. The smallest absolute Gasteiger partial charge is 0.159 e. The van der Waals surface area contributed by atoms with E-state index in [1.165, 1.54) is 5.56 Å². The molecule has 0 N–H and O–H groups in total. The summed E-state index contributed by atoms with van der Waals surface area (Å²) < 4.78 is 18.2. The van der Waals surface area contributed by atoms with E-state index in [9.17, 15) is 4.39 Å². The summed E-state index contributed by atoms with van der Waals surface area (Å²) in [5.74, 6) is 1.34. The Kier molecular flexibility index (Phi) is 5.67. The molecular formula is C17H21FN2O. The van der Waals surface area contributed by atoms with Gasteiger partial charge in [0.25, 0.3) is 0 Å². The molecule has 0 saturated carbocycles. The predicted octanol–water partition coefficient (Wildman–Crippen LogP) is 4.36. The summed E-state index contributed by atoms with van der Waals surface area (Å²) in [6.45, 7) is 4.20. The fourth-order valence-electron chi connectivity index (χ4n) is 1.96. The first kappa shape index (κ1) is 15.4. The Labute approximate surface area is 125 Å². The van der Waals surface area contributed by atoms with Gasteiger partial charge >= 0.3 is 0 Å². The van der Waals surface area contributed by atoms with Crippen molar-refractivity contribution in [3.05, 3.63) is 42.2 Å². The average molecular weight is 288 g/mol. The van der Waals surface area contributed by atoms with Gasteiger partial charge in [-0.05, 0) is 33.1 Å². The largest absolute Gasteiger partial charge is 0.490 e. The zero-order chi connectivity index (χ0) is 15.1. The molecule has 1 atom stereocenters. The molecular weight excluding hydrogens is 267 g/mol. The first-order valence-corrected chi connectivity index (χ1v) is 7.31. The van der Waals surface area contributed by atoms with Crippen LogP contribution in [0.3, 0.4) is 0 Å². The van der Waals surface area contributed by atoms with Crippen molar-refractivity contribution in [2.24, 2.45) is 0 Å². The summed E-state index contributed by atoms with van der Waals surface area (Å²) in [6.07, 6.45) is 4.89. The number of hydrogen-bond donors (Lipinski definition) is 0. The minimum absolute atomic E-state index is 0.569. The number of halogens is 1. The molecule has 112 valence electrons. The highest BCUT2D eigenvalue weighted by molar-refractivity contribution is 5.55. The van der Waals surface area contributed by atoms with E-state index in [4.69, 9.17) is 4.74 Å². The Morgan fingerprint density at radius 3 is 2.38 bits per heavy atom. The van der Waals surface area contributed by atoms with Crippen LogP contribution in [0.1, 0.15) is 31.7 Å². The molecule has 0 aliphatic rings. The number of rotatable bonds is 7. The van der Waals surface area contributed by atoms with Crippen LogP contribution in [-0.4, -0.2) is 22.7 Å². The van der Waals surface area contributed by atoms with Gasteiger partial charge < -0.3 is 4.74 Å². The summed E-state index contributed by atoms with van der Waals surface area (Å²) in [6, 6.07) is 8.08. The van der Waals surface area contributed by atoms with Gasteiger partial charge in [-0.25, -0.2) is 14.4 Å². The fraction of sp³-hybridized carbons (Fsp3) is 0.412. The molecule has 1 aromatic heterocycles.